The fourth-order valence-corrected chi connectivity index (χ4v) is 1.81. The largest absolute Gasteiger partial charge is 0.481 e. The van der Waals surface area contributed by atoms with Gasteiger partial charge in [0.15, 0.2) is 0 Å². The molecule has 0 saturated heterocycles. The summed E-state index contributed by atoms with van der Waals surface area (Å²) in [6, 6.07) is 0. The summed E-state index contributed by atoms with van der Waals surface area (Å²) in [5.41, 5.74) is -0.568. The second-order valence-electron chi connectivity index (χ2n) is 6.34. The lowest BCUT2D eigenvalue weighted by Gasteiger charge is -2.19. The standard InChI is InChI=1S/C16H26O5/c1-11(10-12(2)17)6-7-13(15(19)20)8-9-14(18)21-16(3,4)5/h6-7,11,13H,8-10H2,1-5H3,(H,19,20)/b7-6+/t11-,13-/m0/s1. The van der Waals surface area contributed by atoms with Crippen molar-refractivity contribution in [2.75, 3.05) is 0 Å². The van der Waals surface area contributed by atoms with Crippen LogP contribution in [0.4, 0.5) is 0 Å². The number of ether oxygens (including phenoxy) is 1. The van der Waals surface area contributed by atoms with Crippen LogP contribution in [0.25, 0.3) is 0 Å². The summed E-state index contributed by atoms with van der Waals surface area (Å²) < 4.78 is 5.15. The molecule has 0 aliphatic rings. The molecule has 5 nitrogen and oxygen atoms in total. The number of rotatable bonds is 8. The van der Waals surface area contributed by atoms with Gasteiger partial charge in [0.05, 0.1) is 5.92 Å². The van der Waals surface area contributed by atoms with Crippen molar-refractivity contribution in [3.63, 3.8) is 0 Å². The second-order valence-corrected chi connectivity index (χ2v) is 6.34. The Kier molecular flexibility index (Phi) is 7.92. The number of esters is 1. The zero-order chi connectivity index (χ0) is 16.6. The van der Waals surface area contributed by atoms with Crippen LogP contribution in [-0.4, -0.2) is 28.4 Å². The fraction of sp³-hybridized carbons (Fsp3) is 0.688. The van der Waals surface area contributed by atoms with Gasteiger partial charge < -0.3 is 14.6 Å². The Hall–Kier alpha value is -1.65. The molecule has 0 rings (SSSR count). The van der Waals surface area contributed by atoms with Gasteiger partial charge in [-0.05, 0) is 40.0 Å². The third kappa shape index (κ3) is 10.8. The smallest absolute Gasteiger partial charge is 0.310 e. The van der Waals surface area contributed by atoms with Crippen LogP contribution in [0.1, 0.15) is 53.9 Å². The van der Waals surface area contributed by atoms with E-state index in [0.29, 0.717) is 6.42 Å². The van der Waals surface area contributed by atoms with Gasteiger partial charge in [-0.25, -0.2) is 0 Å². The predicted octanol–water partition coefficient (Wildman–Crippen LogP) is 2.98. The lowest BCUT2D eigenvalue weighted by Crippen LogP contribution is -2.24. The molecule has 0 saturated carbocycles. The zero-order valence-electron chi connectivity index (χ0n) is 13.5. The SMILES string of the molecule is CC(=O)C[C@@H](C)/C=C/[C@@H](CCC(=O)OC(C)(C)C)C(=O)O. The topological polar surface area (TPSA) is 80.7 Å². The monoisotopic (exact) mass is 298 g/mol. The first kappa shape index (κ1) is 19.4. The van der Waals surface area contributed by atoms with Gasteiger partial charge in [-0.2, -0.15) is 0 Å². The maximum Gasteiger partial charge on any atom is 0.310 e. The number of allylic oxidation sites excluding steroid dienone is 1. The molecule has 0 unspecified atom stereocenters. The summed E-state index contributed by atoms with van der Waals surface area (Å²) in [5, 5.41) is 9.14. The number of hydrogen-bond acceptors (Lipinski definition) is 4. The lowest BCUT2D eigenvalue weighted by molar-refractivity contribution is -0.155. The highest BCUT2D eigenvalue weighted by Gasteiger charge is 2.20. The van der Waals surface area contributed by atoms with E-state index < -0.39 is 23.5 Å². The van der Waals surface area contributed by atoms with Crippen molar-refractivity contribution < 1.29 is 24.2 Å². The number of aliphatic carboxylic acids is 1. The average molecular weight is 298 g/mol. The minimum absolute atomic E-state index is 0.00845. The Labute approximate surface area is 126 Å². The zero-order valence-corrected chi connectivity index (χ0v) is 13.5. The summed E-state index contributed by atoms with van der Waals surface area (Å²) in [7, 11) is 0. The van der Waals surface area contributed by atoms with Crippen molar-refractivity contribution in [3.05, 3.63) is 12.2 Å². The number of carboxylic acid groups (broad SMARTS) is 1. The molecule has 120 valence electrons. The summed E-state index contributed by atoms with van der Waals surface area (Å²) in [6.07, 6.45) is 3.90. The highest BCUT2D eigenvalue weighted by atomic mass is 16.6. The Balaban J connectivity index is 4.44. The molecule has 1 N–H and O–H groups in total. The fourth-order valence-electron chi connectivity index (χ4n) is 1.81. The molecule has 0 spiro atoms. The van der Waals surface area contributed by atoms with Gasteiger partial charge in [-0.1, -0.05) is 19.1 Å². The molecule has 0 radical (unpaired) electrons. The molecule has 0 aliphatic carbocycles. The summed E-state index contributed by atoms with van der Waals surface area (Å²) in [6.45, 7) is 8.65. The molecule has 5 heteroatoms. The molecule has 0 aromatic rings. The van der Waals surface area contributed by atoms with E-state index in [1.165, 1.54) is 6.92 Å². The van der Waals surface area contributed by atoms with Crippen LogP contribution in [0, 0.1) is 11.8 Å². The van der Waals surface area contributed by atoms with Gasteiger partial charge in [-0.3, -0.25) is 9.59 Å². The summed E-state index contributed by atoms with van der Waals surface area (Å²) in [4.78, 5) is 33.7. The average Bonchev–Trinajstić information content (AvgIpc) is 2.24. The molecule has 2 atom stereocenters. The molecule has 0 aliphatic heterocycles. The van der Waals surface area contributed by atoms with E-state index in [0.717, 1.165) is 0 Å². The number of carbonyl (C=O) groups is 3. The van der Waals surface area contributed by atoms with E-state index in [2.05, 4.69) is 0 Å². The van der Waals surface area contributed by atoms with E-state index in [9.17, 15) is 14.4 Å². The van der Waals surface area contributed by atoms with E-state index in [4.69, 9.17) is 9.84 Å². The van der Waals surface area contributed by atoms with Crippen molar-refractivity contribution in [1.29, 1.82) is 0 Å². The molecule has 0 aromatic carbocycles. The maximum absolute atomic E-state index is 11.6. The van der Waals surface area contributed by atoms with E-state index >= 15 is 0 Å². The van der Waals surface area contributed by atoms with Gasteiger partial charge >= 0.3 is 11.9 Å². The Morgan fingerprint density at radius 1 is 1.19 bits per heavy atom. The minimum atomic E-state index is -0.982. The Bertz CT molecular complexity index is 403. The molecule has 0 fully saturated rings. The lowest BCUT2D eigenvalue weighted by atomic mass is 9.98. The van der Waals surface area contributed by atoms with Crippen molar-refractivity contribution in [3.8, 4) is 0 Å². The second kappa shape index (κ2) is 8.60. The van der Waals surface area contributed by atoms with Crippen LogP contribution in [0.15, 0.2) is 12.2 Å². The highest BCUT2D eigenvalue weighted by molar-refractivity contribution is 5.76. The Morgan fingerprint density at radius 3 is 2.19 bits per heavy atom. The van der Waals surface area contributed by atoms with Crippen molar-refractivity contribution in [1.82, 2.24) is 0 Å². The van der Waals surface area contributed by atoms with Crippen molar-refractivity contribution in [2.24, 2.45) is 11.8 Å². The molecule has 0 bridgehead atoms. The van der Waals surface area contributed by atoms with Crippen LogP contribution in [-0.2, 0) is 19.1 Å². The van der Waals surface area contributed by atoms with E-state index in [1.807, 2.05) is 6.92 Å². The number of hydrogen-bond donors (Lipinski definition) is 1. The van der Waals surface area contributed by atoms with Gasteiger partial charge in [0.25, 0.3) is 0 Å². The third-order valence-corrected chi connectivity index (χ3v) is 2.68. The highest BCUT2D eigenvalue weighted by Crippen LogP contribution is 2.15. The number of ketones is 1. The van der Waals surface area contributed by atoms with Crippen LogP contribution < -0.4 is 0 Å². The van der Waals surface area contributed by atoms with Gasteiger partial charge in [0.2, 0.25) is 0 Å². The predicted molar refractivity (Wildman–Crippen MR) is 79.8 cm³/mol. The van der Waals surface area contributed by atoms with Crippen LogP contribution in [0.2, 0.25) is 0 Å². The van der Waals surface area contributed by atoms with Crippen LogP contribution in [0.5, 0.6) is 0 Å². The van der Waals surface area contributed by atoms with Crippen LogP contribution in [0.3, 0.4) is 0 Å². The molecule has 0 amide bonds. The maximum atomic E-state index is 11.6. The first-order valence-electron chi connectivity index (χ1n) is 7.13. The molecular formula is C16H26O5. The minimum Gasteiger partial charge on any atom is -0.481 e. The normalized spacial score (nSPS) is 14.7. The van der Waals surface area contributed by atoms with Gasteiger partial charge in [0, 0.05) is 12.8 Å². The number of Topliss-reactive ketones (excluding diaryl/α,β-unsaturated/α-hetero) is 1. The molecule has 0 heterocycles. The van der Waals surface area contributed by atoms with Crippen molar-refractivity contribution >= 4 is 17.7 Å². The third-order valence-electron chi connectivity index (χ3n) is 2.68. The molecule has 0 aromatic heterocycles. The van der Waals surface area contributed by atoms with Gasteiger partial charge in [-0.15, -0.1) is 0 Å². The quantitative estimate of drug-likeness (QED) is 0.550. The van der Waals surface area contributed by atoms with Crippen LogP contribution >= 0.6 is 0 Å². The summed E-state index contributed by atoms with van der Waals surface area (Å²) in [5.74, 6) is -2.07. The number of carboxylic acids is 1. The van der Waals surface area contributed by atoms with Crippen molar-refractivity contribution in [2.45, 2.75) is 59.5 Å². The first-order chi connectivity index (χ1) is 9.51. The van der Waals surface area contributed by atoms with E-state index in [1.54, 1.807) is 32.9 Å². The summed E-state index contributed by atoms with van der Waals surface area (Å²) >= 11 is 0. The molecule has 21 heavy (non-hydrogen) atoms. The molecular weight excluding hydrogens is 272 g/mol. The first-order valence-corrected chi connectivity index (χ1v) is 7.13. The Morgan fingerprint density at radius 2 is 1.76 bits per heavy atom. The number of carbonyl (C=O) groups excluding carboxylic acids is 2. The van der Waals surface area contributed by atoms with Gasteiger partial charge in [0.1, 0.15) is 11.4 Å². The van der Waals surface area contributed by atoms with E-state index in [-0.39, 0.29) is 24.5 Å².